The lowest BCUT2D eigenvalue weighted by Crippen LogP contribution is -2.50. The quantitative estimate of drug-likeness (QED) is 0.240. The highest BCUT2D eigenvalue weighted by atomic mass is 127. The molecule has 0 bridgehead atoms. The molecular formula is C22H34IN7O2. The zero-order valence-electron chi connectivity index (χ0n) is 19.1. The molecule has 0 radical (unpaired) electrons. The maximum atomic E-state index is 6.14. The molecule has 2 atom stereocenters. The summed E-state index contributed by atoms with van der Waals surface area (Å²) in [4.78, 5) is 9.71. The van der Waals surface area contributed by atoms with Crippen molar-refractivity contribution in [2.75, 3.05) is 46.5 Å². The maximum Gasteiger partial charge on any atom is 0.194 e. The predicted octanol–water partition coefficient (Wildman–Crippen LogP) is 1.42. The number of hydrogen-bond donors (Lipinski definition) is 1. The summed E-state index contributed by atoms with van der Waals surface area (Å²) in [7, 11) is 3.68. The standard InChI is InChI=1S/C22H33N7O2.HI/c1-17-25-26-21(27(17)2)13-24-22(23-9-11-30-3)29-15-19-20(16-29)31-12-10-28(19)14-18-7-5-4-6-8-18;/h4-8,19-20H,9-16H2,1-3H3,(H,23,24);1H. The number of aromatic nitrogens is 3. The fraction of sp³-hybridized carbons (Fsp3) is 0.591. The maximum absolute atomic E-state index is 6.14. The third-order valence-electron chi connectivity index (χ3n) is 6.09. The zero-order valence-corrected chi connectivity index (χ0v) is 21.4. The fourth-order valence-electron chi connectivity index (χ4n) is 4.21. The first-order chi connectivity index (χ1) is 15.2. The average Bonchev–Trinajstić information content (AvgIpc) is 3.36. The van der Waals surface area contributed by atoms with Crippen LogP contribution < -0.4 is 5.32 Å². The topological polar surface area (TPSA) is 80.0 Å². The molecule has 0 spiro atoms. The van der Waals surface area contributed by atoms with Gasteiger partial charge in [0.1, 0.15) is 12.4 Å². The smallest absolute Gasteiger partial charge is 0.194 e. The van der Waals surface area contributed by atoms with Crippen LogP contribution in [0.1, 0.15) is 17.2 Å². The number of morpholine rings is 1. The number of likely N-dealkylation sites (tertiary alicyclic amines) is 1. The van der Waals surface area contributed by atoms with Crippen molar-refractivity contribution in [2.24, 2.45) is 12.0 Å². The van der Waals surface area contributed by atoms with Crippen LogP contribution in [-0.2, 0) is 29.6 Å². The van der Waals surface area contributed by atoms with Crippen molar-refractivity contribution in [3.63, 3.8) is 0 Å². The molecule has 2 aliphatic heterocycles. The van der Waals surface area contributed by atoms with Crippen LogP contribution in [0, 0.1) is 6.92 Å². The van der Waals surface area contributed by atoms with Crippen LogP contribution in [-0.4, -0.2) is 89.2 Å². The number of fused-ring (bicyclic) bond motifs is 1. The van der Waals surface area contributed by atoms with E-state index in [1.54, 1.807) is 7.11 Å². The third kappa shape index (κ3) is 5.97. The monoisotopic (exact) mass is 555 g/mol. The van der Waals surface area contributed by atoms with Crippen LogP contribution in [0.4, 0.5) is 0 Å². The van der Waals surface area contributed by atoms with E-state index in [0.717, 1.165) is 50.4 Å². The van der Waals surface area contributed by atoms with Gasteiger partial charge in [-0.05, 0) is 12.5 Å². The van der Waals surface area contributed by atoms with Crippen LogP contribution >= 0.6 is 24.0 Å². The molecule has 0 amide bonds. The summed E-state index contributed by atoms with van der Waals surface area (Å²) >= 11 is 0. The number of ether oxygens (including phenoxy) is 2. The van der Waals surface area contributed by atoms with E-state index in [4.69, 9.17) is 14.5 Å². The highest BCUT2D eigenvalue weighted by Crippen LogP contribution is 2.24. The lowest BCUT2D eigenvalue weighted by Gasteiger charge is -2.36. The van der Waals surface area contributed by atoms with Gasteiger partial charge in [-0.3, -0.25) is 4.90 Å². The van der Waals surface area contributed by atoms with Gasteiger partial charge in [0.25, 0.3) is 0 Å². The lowest BCUT2D eigenvalue weighted by atomic mass is 10.1. The zero-order chi connectivity index (χ0) is 21.6. The van der Waals surface area contributed by atoms with Gasteiger partial charge in [0, 0.05) is 46.9 Å². The third-order valence-corrected chi connectivity index (χ3v) is 6.09. The van der Waals surface area contributed by atoms with E-state index in [1.807, 2.05) is 18.5 Å². The molecule has 9 nitrogen and oxygen atoms in total. The Balaban J connectivity index is 0.00000289. The Morgan fingerprint density at radius 1 is 1.25 bits per heavy atom. The SMILES string of the molecule is COCCNC(=NCc1nnc(C)n1C)N1CC2OCCN(Cc3ccccc3)C2C1.I. The van der Waals surface area contributed by atoms with Crippen molar-refractivity contribution >= 4 is 29.9 Å². The fourth-order valence-corrected chi connectivity index (χ4v) is 4.21. The summed E-state index contributed by atoms with van der Waals surface area (Å²) in [6.45, 7) is 8.12. The van der Waals surface area contributed by atoms with Crippen LogP contribution in [0.3, 0.4) is 0 Å². The first kappa shape index (κ1) is 24.9. The highest BCUT2D eigenvalue weighted by Gasteiger charge is 2.41. The molecule has 2 aromatic rings. The van der Waals surface area contributed by atoms with Gasteiger partial charge in [0.15, 0.2) is 11.8 Å². The number of aliphatic imine (C=N–C) groups is 1. The second kappa shape index (κ2) is 11.9. The van der Waals surface area contributed by atoms with Crippen molar-refractivity contribution in [1.82, 2.24) is 29.9 Å². The van der Waals surface area contributed by atoms with Crippen molar-refractivity contribution in [2.45, 2.75) is 32.2 Å². The Bertz CT molecular complexity index is 876. The number of rotatable bonds is 7. The normalized spacial score (nSPS) is 21.3. The molecule has 1 aromatic carbocycles. The Morgan fingerprint density at radius 3 is 2.78 bits per heavy atom. The summed E-state index contributed by atoms with van der Waals surface area (Å²) in [5, 5.41) is 11.8. The van der Waals surface area contributed by atoms with E-state index in [2.05, 4.69) is 55.6 Å². The number of nitrogens with one attached hydrogen (secondary N) is 1. The van der Waals surface area contributed by atoms with Crippen LogP contribution in [0.15, 0.2) is 35.3 Å². The van der Waals surface area contributed by atoms with Gasteiger partial charge < -0.3 is 24.3 Å². The van der Waals surface area contributed by atoms with E-state index in [0.29, 0.717) is 25.7 Å². The summed E-state index contributed by atoms with van der Waals surface area (Å²) in [5.74, 6) is 2.61. The molecule has 176 valence electrons. The molecule has 4 rings (SSSR count). The number of nitrogens with zero attached hydrogens (tertiary/aromatic N) is 6. The average molecular weight is 555 g/mol. The first-order valence-electron chi connectivity index (χ1n) is 10.9. The summed E-state index contributed by atoms with van der Waals surface area (Å²) in [6.07, 6.45) is 0.184. The van der Waals surface area contributed by atoms with E-state index >= 15 is 0 Å². The molecule has 2 fully saturated rings. The van der Waals surface area contributed by atoms with Gasteiger partial charge in [-0.15, -0.1) is 34.2 Å². The van der Waals surface area contributed by atoms with E-state index < -0.39 is 0 Å². The number of hydrogen-bond acceptors (Lipinski definition) is 6. The van der Waals surface area contributed by atoms with E-state index in [9.17, 15) is 0 Å². The molecule has 10 heteroatoms. The van der Waals surface area contributed by atoms with Crippen molar-refractivity contribution in [3.05, 3.63) is 47.5 Å². The highest BCUT2D eigenvalue weighted by molar-refractivity contribution is 14.0. The summed E-state index contributed by atoms with van der Waals surface area (Å²) in [6, 6.07) is 11.0. The molecule has 2 saturated heterocycles. The molecule has 2 aliphatic rings. The minimum atomic E-state index is 0. The van der Waals surface area contributed by atoms with E-state index in [-0.39, 0.29) is 30.1 Å². The molecule has 1 N–H and O–H groups in total. The van der Waals surface area contributed by atoms with Gasteiger partial charge in [0.05, 0.1) is 25.4 Å². The van der Waals surface area contributed by atoms with Gasteiger partial charge in [-0.1, -0.05) is 30.3 Å². The molecular weight excluding hydrogens is 521 g/mol. The lowest BCUT2D eigenvalue weighted by molar-refractivity contribution is -0.0502. The number of halogens is 1. The van der Waals surface area contributed by atoms with E-state index in [1.165, 1.54) is 5.56 Å². The van der Waals surface area contributed by atoms with Gasteiger partial charge >= 0.3 is 0 Å². The number of benzene rings is 1. The predicted molar refractivity (Wildman–Crippen MR) is 134 cm³/mol. The molecule has 2 unspecified atom stereocenters. The summed E-state index contributed by atoms with van der Waals surface area (Å²) < 4.78 is 13.3. The minimum Gasteiger partial charge on any atom is -0.383 e. The van der Waals surface area contributed by atoms with Crippen molar-refractivity contribution in [3.8, 4) is 0 Å². The van der Waals surface area contributed by atoms with Gasteiger partial charge in [-0.25, -0.2) is 4.99 Å². The largest absolute Gasteiger partial charge is 0.383 e. The minimum absolute atomic E-state index is 0. The van der Waals surface area contributed by atoms with Crippen LogP contribution in [0.25, 0.3) is 0 Å². The van der Waals surface area contributed by atoms with Gasteiger partial charge in [-0.2, -0.15) is 0 Å². The van der Waals surface area contributed by atoms with Crippen molar-refractivity contribution < 1.29 is 9.47 Å². The second-order valence-electron chi connectivity index (χ2n) is 8.12. The Morgan fingerprint density at radius 2 is 2.06 bits per heavy atom. The van der Waals surface area contributed by atoms with Crippen LogP contribution in [0.5, 0.6) is 0 Å². The molecule has 32 heavy (non-hydrogen) atoms. The number of guanidine groups is 1. The molecule has 1 aromatic heterocycles. The Kier molecular flexibility index (Phi) is 9.26. The van der Waals surface area contributed by atoms with Crippen molar-refractivity contribution in [1.29, 1.82) is 0 Å². The Labute approximate surface area is 207 Å². The number of aryl methyl sites for hydroxylation is 1. The van der Waals surface area contributed by atoms with Gasteiger partial charge in [0.2, 0.25) is 0 Å². The summed E-state index contributed by atoms with van der Waals surface area (Å²) in [5.41, 5.74) is 1.34. The number of methoxy groups -OCH3 is 1. The second-order valence-corrected chi connectivity index (χ2v) is 8.12. The molecule has 0 saturated carbocycles. The molecule has 3 heterocycles. The molecule has 0 aliphatic carbocycles. The first-order valence-corrected chi connectivity index (χ1v) is 10.9. The Hall–Kier alpha value is -1.76. The van der Waals surface area contributed by atoms with Crippen LogP contribution in [0.2, 0.25) is 0 Å².